The molecule has 8 nitrogen and oxygen atoms in total. The molecule has 0 aromatic heterocycles. The van der Waals surface area contributed by atoms with Crippen molar-refractivity contribution in [2.75, 3.05) is 28.4 Å². The number of urea groups is 1. The van der Waals surface area contributed by atoms with Crippen molar-refractivity contribution < 1.29 is 27.9 Å². The fraction of sp³-hybridized carbons (Fsp3) is 0.667. The molecule has 0 atom stereocenters. The molecule has 0 aliphatic rings. The van der Waals surface area contributed by atoms with Crippen molar-refractivity contribution in [3.05, 3.63) is 0 Å². The summed E-state index contributed by atoms with van der Waals surface area (Å²) in [4.78, 5) is 22.7. The van der Waals surface area contributed by atoms with E-state index in [9.17, 15) is 14.2 Å². The molecule has 0 saturated carbocycles. The van der Waals surface area contributed by atoms with Crippen LogP contribution in [-0.2, 0) is 18.3 Å². The van der Waals surface area contributed by atoms with E-state index < -0.39 is 19.9 Å². The second-order valence-electron chi connectivity index (χ2n) is 2.31. The predicted molar refractivity (Wildman–Crippen MR) is 50.3 cm³/mol. The molecule has 0 aliphatic heterocycles. The lowest BCUT2D eigenvalue weighted by molar-refractivity contribution is 0.137. The Morgan fingerprint density at radius 3 is 2.00 bits per heavy atom. The van der Waals surface area contributed by atoms with E-state index in [-0.39, 0.29) is 0 Å². The number of imide groups is 1. The van der Waals surface area contributed by atoms with Crippen LogP contribution in [0.15, 0.2) is 0 Å². The summed E-state index contributed by atoms with van der Waals surface area (Å²) in [6, 6.07) is -0.950. The Hall–Kier alpha value is -1.11. The Kier molecular flexibility index (Phi) is 5.27. The zero-order valence-corrected chi connectivity index (χ0v) is 9.74. The summed E-state index contributed by atoms with van der Waals surface area (Å²) in [5.74, 6) is 0. The lowest BCUT2D eigenvalue weighted by atomic mass is 10.8. The minimum Gasteiger partial charge on any atom is -0.452 e. The summed E-state index contributed by atoms with van der Waals surface area (Å²) in [6.07, 6.45) is -0.897. The molecule has 15 heavy (non-hydrogen) atoms. The van der Waals surface area contributed by atoms with Gasteiger partial charge in [-0.3, -0.25) is 9.05 Å². The molecule has 0 saturated heterocycles. The van der Waals surface area contributed by atoms with Crippen LogP contribution < -0.4 is 5.09 Å². The minimum absolute atomic E-state index is 0.588. The van der Waals surface area contributed by atoms with Crippen LogP contribution in [0.25, 0.3) is 0 Å². The van der Waals surface area contributed by atoms with E-state index in [4.69, 9.17) is 0 Å². The van der Waals surface area contributed by atoms with Gasteiger partial charge in [-0.15, -0.1) is 0 Å². The molecule has 0 aromatic carbocycles. The SMILES string of the molecule is COC(=O)N(C)C(=O)NP(=O)(OC)OC. The Morgan fingerprint density at radius 2 is 1.67 bits per heavy atom. The van der Waals surface area contributed by atoms with Crippen molar-refractivity contribution in [3.8, 4) is 0 Å². The summed E-state index contributed by atoms with van der Waals surface area (Å²) in [5.41, 5.74) is 0. The maximum atomic E-state index is 11.4. The smallest absolute Gasteiger partial charge is 0.435 e. The van der Waals surface area contributed by atoms with Gasteiger partial charge in [0.15, 0.2) is 0 Å². The van der Waals surface area contributed by atoms with Gasteiger partial charge >= 0.3 is 19.9 Å². The zero-order chi connectivity index (χ0) is 12.1. The number of rotatable bonds is 3. The number of hydrogen-bond donors (Lipinski definition) is 1. The van der Waals surface area contributed by atoms with Crippen LogP contribution in [0.4, 0.5) is 9.59 Å². The Labute approximate surface area is 87.1 Å². The van der Waals surface area contributed by atoms with E-state index in [1.54, 1.807) is 0 Å². The van der Waals surface area contributed by atoms with E-state index in [1.165, 1.54) is 0 Å². The highest BCUT2D eigenvalue weighted by molar-refractivity contribution is 7.52. The van der Waals surface area contributed by atoms with Crippen molar-refractivity contribution in [2.24, 2.45) is 0 Å². The van der Waals surface area contributed by atoms with Crippen LogP contribution in [0.5, 0.6) is 0 Å². The molecule has 3 amide bonds. The second kappa shape index (κ2) is 5.69. The molecule has 0 aromatic rings. The van der Waals surface area contributed by atoms with Gasteiger partial charge in [-0.1, -0.05) is 0 Å². The lowest BCUT2D eigenvalue weighted by Crippen LogP contribution is -2.40. The molecule has 9 heteroatoms. The first-order valence-corrected chi connectivity index (χ1v) is 5.30. The van der Waals surface area contributed by atoms with Crippen LogP contribution in [0.2, 0.25) is 0 Å². The molecule has 0 heterocycles. The quantitative estimate of drug-likeness (QED) is 0.733. The van der Waals surface area contributed by atoms with E-state index in [2.05, 4.69) is 13.8 Å². The van der Waals surface area contributed by atoms with Gasteiger partial charge in [-0.25, -0.2) is 24.1 Å². The highest BCUT2D eigenvalue weighted by Gasteiger charge is 2.28. The van der Waals surface area contributed by atoms with E-state index >= 15 is 0 Å². The number of ether oxygens (including phenoxy) is 1. The van der Waals surface area contributed by atoms with Gasteiger partial charge in [0.1, 0.15) is 0 Å². The van der Waals surface area contributed by atoms with Gasteiger partial charge in [0.2, 0.25) is 0 Å². The highest BCUT2D eigenvalue weighted by Crippen LogP contribution is 2.41. The van der Waals surface area contributed by atoms with Gasteiger partial charge in [0.25, 0.3) is 0 Å². The van der Waals surface area contributed by atoms with Crippen molar-refractivity contribution in [1.82, 2.24) is 9.99 Å². The number of nitrogens with zero attached hydrogens (tertiary/aromatic N) is 1. The number of hydrogen-bond acceptors (Lipinski definition) is 6. The largest absolute Gasteiger partial charge is 0.452 e. The molecular weight excluding hydrogens is 227 g/mol. The number of carbonyl (C=O) groups excluding carboxylic acids is 2. The van der Waals surface area contributed by atoms with E-state index in [0.717, 1.165) is 28.4 Å². The highest BCUT2D eigenvalue weighted by atomic mass is 31.2. The van der Waals surface area contributed by atoms with Crippen LogP contribution in [0.1, 0.15) is 0 Å². The fourth-order valence-electron chi connectivity index (χ4n) is 0.578. The van der Waals surface area contributed by atoms with Gasteiger partial charge in [0, 0.05) is 21.3 Å². The van der Waals surface area contributed by atoms with Crippen LogP contribution in [0.3, 0.4) is 0 Å². The maximum absolute atomic E-state index is 11.4. The van der Waals surface area contributed by atoms with E-state index in [0.29, 0.717) is 4.90 Å². The lowest BCUT2D eigenvalue weighted by Gasteiger charge is -2.18. The third kappa shape index (κ3) is 3.86. The zero-order valence-electron chi connectivity index (χ0n) is 8.84. The summed E-state index contributed by atoms with van der Waals surface area (Å²) in [5, 5.41) is 1.90. The molecule has 88 valence electrons. The molecule has 1 N–H and O–H groups in total. The maximum Gasteiger partial charge on any atom is 0.435 e. The summed E-state index contributed by atoms with van der Waals surface area (Å²) in [7, 11) is 0.769. The first-order valence-electron chi connectivity index (χ1n) is 3.75. The van der Waals surface area contributed by atoms with Crippen LogP contribution in [-0.4, -0.2) is 45.4 Å². The molecule has 0 radical (unpaired) electrons. The summed E-state index contributed by atoms with van der Waals surface area (Å²) in [6.45, 7) is 0. The molecule has 0 fully saturated rings. The molecule has 0 bridgehead atoms. The molecule has 0 unspecified atom stereocenters. The van der Waals surface area contributed by atoms with Gasteiger partial charge in [-0.2, -0.15) is 0 Å². The number of nitrogens with one attached hydrogen (secondary N) is 1. The first-order chi connectivity index (χ1) is 6.90. The summed E-state index contributed by atoms with van der Waals surface area (Å²) < 4.78 is 24.6. The standard InChI is InChI=1S/C6H13N2O6P/c1-8(6(10)12-2)5(9)7-15(11,13-3)14-4/h1-4H3,(H,7,9,11). The van der Waals surface area contributed by atoms with Gasteiger partial charge in [0.05, 0.1) is 7.11 Å². The number of methoxy groups -OCH3 is 1. The molecule has 0 rings (SSSR count). The monoisotopic (exact) mass is 240 g/mol. The minimum atomic E-state index is -3.69. The number of carbonyl (C=O) groups is 2. The Morgan fingerprint density at radius 1 is 1.20 bits per heavy atom. The average molecular weight is 240 g/mol. The topological polar surface area (TPSA) is 94.2 Å². The third-order valence-electron chi connectivity index (χ3n) is 1.47. The number of amides is 3. The van der Waals surface area contributed by atoms with Crippen molar-refractivity contribution in [2.45, 2.75) is 0 Å². The van der Waals surface area contributed by atoms with Gasteiger partial charge < -0.3 is 4.74 Å². The second-order valence-corrected chi connectivity index (χ2v) is 4.26. The summed E-state index contributed by atoms with van der Waals surface area (Å²) >= 11 is 0. The van der Waals surface area contributed by atoms with Crippen LogP contribution in [0, 0.1) is 0 Å². The third-order valence-corrected chi connectivity index (χ3v) is 2.89. The first kappa shape index (κ1) is 13.9. The molecular formula is C6H13N2O6P. The molecule has 0 spiro atoms. The fourth-order valence-corrected chi connectivity index (χ4v) is 1.29. The van der Waals surface area contributed by atoms with Gasteiger partial charge in [-0.05, 0) is 0 Å². The van der Waals surface area contributed by atoms with E-state index in [1.807, 2.05) is 5.09 Å². The van der Waals surface area contributed by atoms with Crippen molar-refractivity contribution in [3.63, 3.8) is 0 Å². The average Bonchev–Trinajstić information content (AvgIpc) is 2.26. The van der Waals surface area contributed by atoms with Crippen LogP contribution >= 0.6 is 7.75 Å². The van der Waals surface area contributed by atoms with Crippen molar-refractivity contribution >= 4 is 19.9 Å². The Balaban J connectivity index is 4.49. The molecule has 0 aliphatic carbocycles. The predicted octanol–water partition coefficient (Wildman–Crippen LogP) is 0.795. The Bertz CT molecular complexity index is 285. The normalized spacial score (nSPS) is 10.7. The van der Waals surface area contributed by atoms with Crippen molar-refractivity contribution in [1.29, 1.82) is 0 Å².